The maximum Gasteiger partial charge on any atom is 0.241 e. The van der Waals surface area contributed by atoms with Gasteiger partial charge in [0.2, 0.25) is 10.0 Å². The van der Waals surface area contributed by atoms with Crippen LogP contribution < -0.4 is 10.0 Å². The highest BCUT2D eigenvalue weighted by Gasteiger charge is 2.18. The van der Waals surface area contributed by atoms with Crippen LogP contribution in [0, 0.1) is 0 Å². The summed E-state index contributed by atoms with van der Waals surface area (Å²) >= 11 is 3.08. The van der Waals surface area contributed by atoms with Crippen LogP contribution in [-0.4, -0.2) is 33.5 Å². The van der Waals surface area contributed by atoms with Crippen LogP contribution in [0.25, 0.3) is 0 Å². The Labute approximate surface area is 111 Å². The van der Waals surface area contributed by atoms with E-state index in [0.717, 1.165) is 10.6 Å². The van der Waals surface area contributed by atoms with Crippen LogP contribution in [0.2, 0.25) is 0 Å². The molecule has 98 valence electrons. The van der Waals surface area contributed by atoms with E-state index in [4.69, 9.17) is 0 Å². The lowest BCUT2D eigenvalue weighted by atomic mass is 10.4. The van der Waals surface area contributed by atoms with Crippen LogP contribution in [0.15, 0.2) is 16.3 Å². The summed E-state index contributed by atoms with van der Waals surface area (Å²) in [7, 11) is -1.52. The van der Waals surface area contributed by atoms with Gasteiger partial charge in [0.1, 0.15) is 0 Å². The Balaban J connectivity index is 2.75. The first-order valence-electron chi connectivity index (χ1n) is 5.23. The zero-order chi connectivity index (χ0) is 12.9. The zero-order valence-electron chi connectivity index (χ0n) is 10.2. The molecule has 0 aliphatic heterocycles. The van der Waals surface area contributed by atoms with Crippen molar-refractivity contribution >= 4 is 33.1 Å². The minimum Gasteiger partial charge on any atom is -0.315 e. The third-order valence-corrected chi connectivity index (χ3v) is 5.55. The lowest BCUT2D eigenvalue weighted by Gasteiger charge is -2.11. The van der Waals surface area contributed by atoms with Crippen LogP contribution in [0.4, 0.5) is 0 Å². The number of nitrogens with one attached hydrogen (secondary N) is 2. The lowest BCUT2D eigenvalue weighted by molar-refractivity contribution is 0.571. The fourth-order valence-electron chi connectivity index (χ4n) is 1.39. The summed E-state index contributed by atoms with van der Waals surface area (Å²) in [6.45, 7) is 2.56. The topological polar surface area (TPSA) is 58.2 Å². The molecule has 0 radical (unpaired) electrons. The molecular weight excluding hydrogens is 276 g/mol. The molecule has 1 heterocycles. The third kappa shape index (κ3) is 4.59. The van der Waals surface area contributed by atoms with E-state index in [-0.39, 0.29) is 6.04 Å². The molecule has 7 heteroatoms. The second-order valence-corrected chi connectivity index (χ2v) is 7.38. The van der Waals surface area contributed by atoms with E-state index >= 15 is 0 Å². The Kier molecular flexibility index (Phi) is 5.94. The standard InChI is InChI=1S/C10H18N2O2S3/c1-8(6-15-3)12-17(13,14)10-4-9(5-11-2)16-7-10/h4,7-8,11-12H,5-6H2,1-3H3. The number of hydrogen-bond acceptors (Lipinski definition) is 5. The average Bonchev–Trinajstić information content (AvgIpc) is 2.67. The van der Waals surface area contributed by atoms with Crippen molar-refractivity contribution in [3.05, 3.63) is 16.3 Å². The van der Waals surface area contributed by atoms with Gasteiger partial charge in [-0.05, 0) is 26.3 Å². The van der Waals surface area contributed by atoms with E-state index in [1.165, 1.54) is 11.3 Å². The van der Waals surface area contributed by atoms with Gasteiger partial charge in [0.25, 0.3) is 0 Å². The van der Waals surface area contributed by atoms with Gasteiger partial charge in [-0.3, -0.25) is 0 Å². The van der Waals surface area contributed by atoms with Crippen molar-refractivity contribution in [2.75, 3.05) is 19.1 Å². The molecule has 1 rings (SSSR count). The summed E-state index contributed by atoms with van der Waals surface area (Å²) in [5.74, 6) is 0.771. The smallest absolute Gasteiger partial charge is 0.241 e. The van der Waals surface area contributed by atoms with E-state index in [1.54, 1.807) is 23.2 Å². The second kappa shape index (κ2) is 6.75. The number of thioether (sulfide) groups is 1. The van der Waals surface area contributed by atoms with Crippen molar-refractivity contribution in [2.45, 2.75) is 24.4 Å². The quantitative estimate of drug-likeness (QED) is 0.800. The molecule has 4 nitrogen and oxygen atoms in total. The average molecular weight is 294 g/mol. The molecule has 0 aliphatic rings. The molecule has 0 aliphatic carbocycles. The zero-order valence-corrected chi connectivity index (χ0v) is 12.6. The molecule has 1 atom stereocenters. The number of rotatable bonds is 7. The van der Waals surface area contributed by atoms with Crippen molar-refractivity contribution in [3.8, 4) is 0 Å². The van der Waals surface area contributed by atoms with Gasteiger partial charge in [-0.25, -0.2) is 13.1 Å². The van der Waals surface area contributed by atoms with E-state index in [1.807, 2.05) is 20.2 Å². The summed E-state index contributed by atoms with van der Waals surface area (Å²) in [6, 6.07) is 1.66. The second-order valence-electron chi connectivity index (χ2n) is 3.76. The normalized spacial score (nSPS) is 13.8. The minimum absolute atomic E-state index is 0.0531. The summed E-state index contributed by atoms with van der Waals surface area (Å²) in [4.78, 5) is 1.38. The van der Waals surface area contributed by atoms with Crippen molar-refractivity contribution in [3.63, 3.8) is 0 Å². The first-order valence-corrected chi connectivity index (χ1v) is 8.98. The molecule has 0 aromatic carbocycles. The first-order chi connectivity index (χ1) is 7.99. The maximum atomic E-state index is 12.0. The molecule has 0 bridgehead atoms. The Morgan fingerprint density at radius 3 is 2.82 bits per heavy atom. The van der Waals surface area contributed by atoms with Crippen molar-refractivity contribution in [2.24, 2.45) is 0 Å². The molecule has 17 heavy (non-hydrogen) atoms. The largest absolute Gasteiger partial charge is 0.315 e. The number of thiophene rings is 1. The lowest BCUT2D eigenvalue weighted by Crippen LogP contribution is -2.33. The van der Waals surface area contributed by atoms with Gasteiger partial charge in [-0.2, -0.15) is 11.8 Å². The Bertz CT molecular complexity index is 442. The first kappa shape index (κ1) is 15.0. The van der Waals surface area contributed by atoms with E-state index in [9.17, 15) is 8.42 Å². The van der Waals surface area contributed by atoms with Crippen molar-refractivity contribution in [1.82, 2.24) is 10.0 Å². The molecule has 0 saturated carbocycles. The van der Waals surface area contributed by atoms with Crippen LogP contribution in [0.1, 0.15) is 11.8 Å². The molecule has 1 unspecified atom stereocenters. The van der Waals surface area contributed by atoms with Gasteiger partial charge in [-0.1, -0.05) is 0 Å². The SMILES string of the molecule is CNCc1cc(S(=O)(=O)NC(C)CSC)cs1. The molecule has 1 aromatic rings. The van der Waals surface area contributed by atoms with Gasteiger partial charge in [-0.15, -0.1) is 11.3 Å². The van der Waals surface area contributed by atoms with Crippen LogP contribution >= 0.6 is 23.1 Å². The van der Waals surface area contributed by atoms with Gasteiger partial charge in [0.05, 0.1) is 4.90 Å². The molecule has 0 amide bonds. The minimum atomic E-state index is -3.36. The summed E-state index contributed by atoms with van der Waals surface area (Å²) in [6.07, 6.45) is 1.96. The molecule has 2 N–H and O–H groups in total. The molecule has 0 spiro atoms. The highest BCUT2D eigenvalue weighted by atomic mass is 32.2. The fourth-order valence-corrected chi connectivity index (χ4v) is 4.60. The van der Waals surface area contributed by atoms with E-state index in [0.29, 0.717) is 11.4 Å². The highest BCUT2D eigenvalue weighted by molar-refractivity contribution is 7.98. The highest BCUT2D eigenvalue weighted by Crippen LogP contribution is 2.19. The third-order valence-electron chi connectivity index (χ3n) is 2.06. The maximum absolute atomic E-state index is 12.0. The monoisotopic (exact) mass is 294 g/mol. The van der Waals surface area contributed by atoms with Gasteiger partial charge in [0.15, 0.2) is 0 Å². The Morgan fingerprint density at radius 1 is 1.53 bits per heavy atom. The van der Waals surface area contributed by atoms with Crippen molar-refractivity contribution in [1.29, 1.82) is 0 Å². The van der Waals surface area contributed by atoms with Gasteiger partial charge in [0, 0.05) is 28.6 Å². The van der Waals surface area contributed by atoms with Crippen molar-refractivity contribution < 1.29 is 8.42 Å². The number of sulfonamides is 1. The van der Waals surface area contributed by atoms with Crippen LogP contribution in [0.5, 0.6) is 0 Å². The van der Waals surface area contributed by atoms with Crippen LogP contribution in [-0.2, 0) is 16.6 Å². The van der Waals surface area contributed by atoms with Gasteiger partial charge < -0.3 is 5.32 Å². The fraction of sp³-hybridized carbons (Fsp3) is 0.600. The summed E-state index contributed by atoms with van der Waals surface area (Å²) in [5, 5.41) is 4.68. The van der Waals surface area contributed by atoms with E-state index < -0.39 is 10.0 Å². The molecular formula is C10H18N2O2S3. The predicted octanol–water partition coefficient (Wildman–Crippen LogP) is 1.50. The van der Waals surface area contributed by atoms with E-state index in [2.05, 4.69) is 10.0 Å². The summed E-state index contributed by atoms with van der Waals surface area (Å²) < 4.78 is 26.7. The summed E-state index contributed by atoms with van der Waals surface area (Å²) in [5.41, 5.74) is 0. The number of hydrogen-bond donors (Lipinski definition) is 2. The molecule has 0 fully saturated rings. The molecule has 0 saturated heterocycles. The Morgan fingerprint density at radius 2 is 2.24 bits per heavy atom. The van der Waals surface area contributed by atoms with Crippen LogP contribution in [0.3, 0.4) is 0 Å². The Hall–Kier alpha value is -0.0800. The molecule has 1 aromatic heterocycles. The van der Waals surface area contributed by atoms with Gasteiger partial charge >= 0.3 is 0 Å². The predicted molar refractivity (Wildman–Crippen MR) is 75.2 cm³/mol.